The first-order chi connectivity index (χ1) is 16.7. The molecular formula is C31H29NO2. The van der Waals surface area contributed by atoms with Gasteiger partial charge in [-0.15, -0.1) is 6.58 Å². The fourth-order valence-corrected chi connectivity index (χ4v) is 5.00. The molecule has 0 amide bonds. The predicted octanol–water partition coefficient (Wildman–Crippen LogP) is 7.63. The molecule has 1 unspecified atom stereocenters. The van der Waals surface area contributed by atoms with Gasteiger partial charge in [-0.2, -0.15) is 0 Å². The summed E-state index contributed by atoms with van der Waals surface area (Å²) in [5.41, 5.74) is 4.53. The molecule has 3 heteroatoms. The van der Waals surface area contributed by atoms with Gasteiger partial charge in [-0.3, -0.25) is 0 Å². The number of fused-ring (bicyclic) bond motifs is 2. The lowest BCUT2D eigenvalue weighted by Gasteiger charge is -2.30. The molecule has 3 nitrogen and oxygen atoms in total. The van der Waals surface area contributed by atoms with E-state index in [0.29, 0.717) is 12.3 Å². The molecule has 170 valence electrons. The minimum absolute atomic E-state index is 0.258. The van der Waals surface area contributed by atoms with Crippen LogP contribution in [0.15, 0.2) is 110 Å². The molecule has 1 aliphatic carbocycles. The number of carbonyl (C=O) groups excluding carboxylic acids is 1. The summed E-state index contributed by atoms with van der Waals surface area (Å²) < 4.78 is 8.34. The van der Waals surface area contributed by atoms with E-state index >= 15 is 0 Å². The number of esters is 1. The van der Waals surface area contributed by atoms with Gasteiger partial charge in [0.05, 0.1) is 0 Å². The van der Waals surface area contributed by atoms with Gasteiger partial charge in [0.25, 0.3) is 0 Å². The van der Waals surface area contributed by atoms with Gasteiger partial charge in [-0.05, 0) is 52.8 Å². The van der Waals surface area contributed by atoms with Gasteiger partial charge in [0.2, 0.25) is 0 Å². The number of benzene rings is 3. The van der Waals surface area contributed by atoms with E-state index in [1.54, 1.807) is 6.08 Å². The smallest absolute Gasteiger partial charge is 0.330 e. The van der Waals surface area contributed by atoms with Crippen molar-refractivity contribution in [3.63, 3.8) is 0 Å². The summed E-state index contributed by atoms with van der Waals surface area (Å²) in [6, 6.07) is 26.4. The predicted molar refractivity (Wildman–Crippen MR) is 139 cm³/mol. The highest BCUT2D eigenvalue weighted by Gasteiger charge is 2.31. The van der Waals surface area contributed by atoms with E-state index in [4.69, 9.17) is 4.74 Å². The Morgan fingerprint density at radius 3 is 2.59 bits per heavy atom. The van der Waals surface area contributed by atoms with E-state index in [9.17, 15) is 4.79 Å². The van der Waals surface area contributed by atoms with Crippen molar-refractivity contribution < 1.29 is 9.53 Å². The van der Waals surface area contributed by atoms with Crippen molar-refractivity contribution in [2.75, 3.05) is 0 Å². The first kappa shape index (κ1) is 22.0. The van der Waals surface area contributed by atoms with Gasteiger partial charge >= 0.3 is 5.97 Å². The molecule has 1 aliphatic rings. The summed E-state index contributed by atoms with van der Waals surface area (Å²) in [5, 5.41) is 2.23. The fraction of sp³-hybridized carbons (Fsp3) is 0.194. The van der Waals surface area contributed by atoms with Crippen molar-refractivity contribution >= 4 is 22.3 Å². The molecule has 0 aliphatic heterocycles. The zero-order valence-electron chi connectivity index (χ0n) is 19.4. The average molecular weight is 448 g/mol. The highest BCUT2D eigenvalue weighted by Crippen LogP contribution is 2.44. The minimum atomic E-state index is -0.505. The van der Waals surface area contributed by atoms with Crippen molar-refractivity contribution in [2.45, 2.75) is 37.8 Å². The van der Waals surface area contributed by atoms with Crippen molar-refractivity contribution in [3.8, 4) is 0 Å². The van der Waals surface area contributed by atoms with Crippen LogP contribution in [0.2, 0.25) is 0 Å². The first-order valence-electron chi connectivity index (χ1n) is 11.9. The maximum atomic E-state index is 13.7. The lowest BCUT2D eigenvalue weighted by Crippen LogP contribution is -2.24. The molecule has 3 atom stereocenters. The van der Waals surface area contributed by atoms with Gasteiger partial charge in [-0.25, -0.2) is 4.79 Å². The van der Waals surface area contributed by atoms with Crippen LogP contribution in [0, 0.1) is 0 Å². The molecule has 0 saturated carbocycles. The Balaban J connectivity index is 1.62. The second kappa shape index (κ2) is 9.56. The first-order valence-corrected chi connectivity index (χ1v) is 11.9. The molecule has 1 heterocycles. The molecule has 0 fully saturated rings. The molecular weight excluding hydrogens is 418 g/mol. The largest absolute Gasteiger partial charge is 0.451 e. The van der Waals surface area contributed by atoms with E-state index in [0.717, 1.165) is 33.9 Å². The third-order valence-corrected chi connectivity index (χ3v) is 6.77. The Labute approximate surface area is 201 Å². The normalized spacial score (nSPS) is 16.9. The third-order valence-electron chi connectivity index (χ3n) is 6.77. The van der Waals surface area contributed by atoms with E-state index in [2.05, 4.69) is 68.1 Å². The quantitative estimate of drug-likeness (QED) is 0.215. The highest BCUT2D eigenvalue weighted by atomic mass is 16.5. The maximum Gasteiger partial charge on any atom is 0.330 e. The van der Waals surface area contributed by atoms with Crippen molar-refractivity contribution in [1.29, 1.82) is 0 Å². The molecule has 0 spiro atoms. The second-order valence-electron chi connectivity index (χ2n) is 8.94. The molecule has 5 rings (SSSR count). The summed E-state index contributed by atoms with van der Waals surface area (Å²) in [4.78, 5) is 13.7. The molecule has 0 radical (unpaired) electrons. The zero-order chi connectivity index (χ0) is 23.5. The van der Waals surface area contributed by atoms with Crippen molar-refractivity contribution in [3.05, 3.63) is 127 Å². The number of nitrogens with zero attached hydrogens (tertiary/aromatic N) is 1. The lowest BCUT2D eigenvalue weighted by atomic mass is 9.80. The van der Waals surface area contributed by atoms with Gasteiger partial charge in [-0.1, -0.05) is 85.8 Å². The van der Waals surface area contributed by atoms with E-state index in [1.165, 1.54) is 5.56 Å². The van der Waals surface area contributed by atoms with Crippen LogP contribution in [0.25, 0.3) is 16.3 Å². The zero-order valence-corrected chi connectivity index (χ0v) is 19.4. The molecule has 0 N–H and O–H groups in total. The van der Waals surface area contributed by atoms with Crippen LogP contribution in [-0.4, -0.2) is 10.5 Å². The Kier molecular flexibility index (Phi) is 6.18. The van der Waals surface area contributed by atoms with E-state index < -0.39 is 12.1 Å². The molecule has 0 saturated heterocycles. The monoisotopic (exact) mass is 447 g/mol. The molecule has 0 bridgehead atoms. The molecule has 34 heavy (non-hydrogen) atoms. The fourth-order valence-electron chi connectivity index (χ4n) is 5.00. The van der Waals surface area contributed by atoms with Crippen LogP contribution >= 0.6 is 0 Å². The van der Waals surface area contributed by atoms with Crippen LogP contribution in [0.4, 0.5) is 0 Å². The van der Waals surface area contributed by atoms with Crippen LogP contribution in [0.5, 0.6) is 0 Å². The molecule has 3 aromatic carbocycles. The third kappa shape index (κ3) is 4.10. The van der Waals surface area contributed by atoms with Crippen LogP contribution in [0.3, 0.4) is 0 Å². The van der Waals surface area contributed by atoms with Gasteiger partial charge < -0.3 is 9.30 Å². The lowest BCUT2D eigenvalue weighted by molar-refractivity contribution is -0.150. The SMILES string of the molecule is C=CC[C@@H](C(=O)OC(C1=CC[C@@H](C)c2ccccc21)c1cccc2ccccc12)n1cccc1. The topological polar surface area (TPSA) is 31.2 Å². The number of hydrogen-bond acceptors (Lipinski definition) is 2. The average Bonchev–Trinajstić information content (AvgIpc) is 3.41. The van der Waals surface area contributed by atoms with E-state index in [1.807, 2.05) is 47.3 Å². The maximum absolute atomic E-state index is 13.7. The van der Waals surface area contributed by atoms with Crippen molar-refractivity contribution in [1.82, 2.24) is 4.57 Å². The minimum Gasteiger partial charge on any atom is -0.451 e. The van der Waals surface area contributed by atoms with Crippen LogP contribution < -0.4 is 0 Å². The van der Waals surface area contributed by atoms with Gasteiger partial charge in [0.1, 0.15) is 6.04 Å². The van der Waals surface area contributed by atoms with Gasteiger partial charge in [0, 0.05) is 23.5 Å². The number of carbonyl (C=O) groups is 1. The Hall–Kier alpha value is -3.85. The number of allylic oxidation sites excluding steroid dienone is 2. The summed E-state index contributed by atoms with van der Waals surface area (Å²) in [6.07, 6.45) is 8.75. The van der Waals surface area contributed by atoms with E-state index in [-0.39, 0.29) is 5.97 Å². The number of rotatable bonds is 7. The van der Waals surface area contributed by atoms with Crippen LogP contribution in [0.1, 0.15) is 54.5 Å². The Morgan fingerprint density at radius 2 is 1.76 bits per heavy atom. The Morgan fingerprint density at radius 1 is 1.03 bits per heavy atom. The Bertz CT molecular complexity index is 1340. The summed E-state index contributed by atoms with van der Waals surface area (Å²) in [5.74, 6) is 0.170. The number of ether oxygens (including phenoxy) is 1. The highest BCUT2D eigenvalue weighted by molar-refractivity contribution is 5.90. The molecule has 1 aromatic heterocycles. The number of aromatic nitrogens is 1. The summed E-state index contributed by atoms with van der Waals surface area (Å²) >= 11 is 0. The standard InChI is InChI=1S/C31H29NO2/c1-3-11-29(32-20-8-9-21-32)31(33)34-30(27-17-10-13-23-12-4-5-15-25(23)27)28-19-18-22(2)24-14-6-7-16-26(24)28/h3-10,12-17,19-22,29-30H,1,11,18H2,2H3/t22-,29+,30?/m1/s1. The second-order valence-corrected chi connectivity index (χ2v) is 8.94. The summed E-state index contributed by atoms with van der Waals surface area (Å²) in [7, 11) is 0. The number of hydrogen-bond donors (Lipinski definition) is 0. The summed E-state index contributed by atoms with van der Waals surface area (Å²) in [6.45, 7) is 6.11. The van der Waals surface area contributed by atoms with Gasteiger partial charge in [0.15, 0.2) is 6.10 Å². The van der Waals surface area contributed by atoms with Crippen molar-refractivity contribution in [2.24, 2.45) is 0 Å². The van der Waals surface area contributed by atoms with Crippen LogP contribution in [-0.2, 0) is 9.53 Å². The molecule has 4 aromatic rings.